The summed E-state index contributed by atoms with van der Waals surface area (Å²) in [5, 5.41) is 7.63. The molecule has 0 saturated carbocycles. The fourth-order valence-corrected chi connectivity index (χ4v) is 8.85. The predicted molar refractivity (Wildman–Crippen MR) is 261 cm³/mol. The molecule has 286 valence electrons. The molecule has 0 aliphatic rings. The number of hydrogen-bond acceptors (Lipinski definition) is 1. The minimum Gasteiger partial charge on any atom is -0.311 e. The SMILES string of the molecule is c1ccc(-c2ccc(N(c3ccc(-c4ccc(-c5ccc6ccccc6c5)cc4)cc3)c3ccc(-c4ccc(-c5cc6ccccc6c6ccccc56)cc4)cc3)cc2)cc1. The van der Waals surface area contributed by atoms with Gasteiger partial charge in [0.25, 0.3) is 0 Å². The molecule has 0 amide bonds. The Morgan fingerprint density at radius 1 is 0.197 bits per heavy atom. The van der Waals surface area contributed by atoms with E-state index in [-0.39, 0.29) is 0 Å². The van der Waals surface area contributed by atoms with Gasteiger partial charge in [-0.2, -0.15) is 0 Å². The van der Waals surface area contributed by atoms with Crippen molar-refractivity contribution in [3.63, 3.8) is 0 Å². The predicted octanol–water partition coefficient (Wildman–Crippen LogP) is 17.0. The fraction of sp³-hybridized carbons (Fsp3) is 0. The van der Waals surface area contributed by atoms with Crippen LogP contribution in [0, 0.1) is 0 Å². The highest BCUT2D eigenvalue weighted by atomic mass is 15.1. The molecule has 0 spiro atoms. The Morgan fingerprint density at radius 3 is 1.10 bits per heavy atom. The summed E-state index contributed by atoms with van der Waals surface area (Å²) in [4.78, 5) is 2.35. The summed E-state index contributed by atoms with van der Waals surface area (Å²) in [6, 6.07) is 90.3. The standard InChI is InChI=1S/C60H41N/c1-2-10-42(11-3-1)46-28-34-54(35-29-46)61(55-36-30-47(31-37-55)44-18-20-49(21-19-44)52-27-24-43-12-4-5-13-51(43)40-52)56-38-32-48(33-39-56)45-22-25-50(26-23-45)60-41-53-14-6-7-15-57(53)58-16-8-9-17-59(58)60/h1-41H. The van der Waals surface area contributed by atoms with Crippen LogP contribution in [0.5, 0.6) is 0 Å². The minimum absolute atomic E-state index is 1.10. The third kappa shape index (κ3) is 7.03. The topological polar surface area (TPSA) is 3.24 Å². The lowest BCUT2D eigenvalue weighted by atomic mass is 9.92. The lowest BCUT2D eigenvalue weighted by Gasteiger charge is -2.26. The number of nitrogens with zero attached hydrogens (tertiary/aromatic N) is 1. The minimum atomic E-state index is 1.10. The van der Waals surface area contributed by atoms with E-state index in [4.69, 9.17) is 0 Å². The third-order valence-electron chi connectivity index (χ3n) is 12.1. The molecule has 11 aromatic rings. The van der Waals surface area contributed by atoms with E-state index in [9.17, 15) is 0 Å². The van der Waals surface area contributed by atoms with E-state index in [0.717, 1.165) is 17.1 Å². The molecule has 0 aliphatic heterocycles. The average Bonchev–Trinajstić information content (AvgIpc) is 3.35. The Bertz CT molecular complexity index is 3290. The van der Waals surface area contributed by atoms with Gasteiger partial charge in [0.05, 0.1) is 0 Å². The van der Waals surface area contributed by atoms with Gasteiger partial charge in [-0.3, -0.25) is 0 Å². The van der Waals surface area contributed by atoms with Crippen molar-refractivity contribution >= 4 is 49.4 Å². The monoisotopic (exact) mass is 775 g/mol. The number of hydrogen-bond donors (Lipinski definition) is 0. The zero-order valence-corrected chi connectivity index (χ0v) is 33.6. The van der Waals surface area contributed by atoms with E-state index < -0.39 is 0 Å². The van der Waals surface area contributed by atoms with Crippen molar-refractivity contribution in [2.75, 3.05) is 4.90 Å². The molecule has 0 radical (unpaired) electrons. The molecular formula is C60H41N. The molecule has 0 atom stereocenters. The first-order valence-electron chi connectivity index (χ1n) is 21.0. The molecule has 0 bridgehead atoms. The summed E-state index contributed by atoms with van der Waals surface area (Å²) < 4.78 is 0. The van der Waals surface area contributed by atoms with Crippen LogP contribution < -0.4 is 4.90 Å². The third-order valence-corrected chi connectivity index (χ3v) is 12.1. The highest BCUT2D eigenvalue weighted by molar-refractivity contribution is 6.13. The highest BCUT2D eigenvalue weighted by Crippen LogP contribution is 2.39. The van der Waals surface area contributed by atoms with Gasteiger partial charge in [-0.15, -0.1) is 0 Å². The summed E-state index contributed by atoms with van der Waals surface area (Å²) in [5.74, 6) is 0. The second-order valence-electron chi connectivity index (χ2n) is 15.7. The van der Waals surface area contributed by atoms with Crippen LogP contribution in [-0.2, 0) is 0 Å². The summed E-state index contributed by atoms with van der Waals surface area (Å²) in [6.07, 6.45) is 0. The molecule has 0 fully saturated rings. The smallest absolute Gasteiger partial charge is 0.0462 e. The zero-order chi connectivity index (χ0) is 40.5. The maximum absolute atomic E-state index is 2.35. The van der Waals surface area contributed by atoms with Gasteiger partial charge in [0, 0.05) is 17.1 Å². The molecule has 0 N–H and O–H groups in total. The van der Waals surface area contributed by atoms with Crippen LogP contribution in [0.1, 0.15) is 0 Å². The van der Waals surface area contributed by atoms with Crippen molar-refractivity contribution in [1.29, 1.82) is 0 Å². The molecule has 61 heavy (non-hydrogen) atoms. The lowest BCUT2D eigenvalue weighted by Crippen LogP contribution is -2.09. The highest BCUT2D eigenvalue weighted by Gasteiger charge is 2.15. The van der Waals surface area contributed by atoms with E-state index in [2.05, 4.69) is 254 Å². The number of anilines is 3. The van der Waals surface area contributed by atoms with E-state index in [1.165, 1.54) is 88.0 Å². The lowest BCUT2D eigenvalue weighted by molar-refractivity contribution is 1.28. The van der Waals surface area contributed by atoms with Gasteiger partial charge in [-0.1, -0.05) is 200 Å². The van der Waals surface area contributed by atoms with Gasteiger partial charge < -0.3 is 4.90 Å². The van der Waals surface area contributed by atoms with Gasteiger partial charge in [0.15, 0.2) is 0 Å². The van der Waals surface area contributed by atoms with Crippen LogP contribution >= 0.6 is 0 Å². The zero-order valence-electron chi connectivity index (χ0n) is 33.6. The normalized spacial score (nSPS) is 11.3. The van der Waals surface area contributed by atoms with Gasteiger partial charge in [-0.05, 0) is 136 Å². The van der Waals surface area contributed by atoms with Crippen LogP contribution in [0.25, 0.3) is 88.0 Å². The number of benzene rings is 11. The van der Waals surface area contributed by atoms with Gasteiger partial charge >= 0.3 is 0 Å². The van der Waals surface area contributed by atoms with Crippen molar-refractivity contribution in [2.45, 2.75) is 0 Å². The maximum atomic E-state index is 2.35. The molecule has 0 heterocycles. The molecule has 0 saturated heterocycles. The maximum Gasteiger partial charge on any atom is 0.0462 e. The van der Waals surface area contributed by atoms with Crippen LogP contribution in [0.2, 0.25) is 0 Å². The molecule has 1 nitrogen and oxygen atoms in total. The quantitative estimate of drug-likeness (QED) is 0.139. The molecule has 0 unspecified atom stereocenters. The Labute approximate surface area is 357 Å². The Kier molecular flexibility index (Phi) is 9.26. The Hall–Kier alpha value is -8.00. The molecule has 0 aliphatic carbocycles. The van der Waals surface area contributed by atoms with Crippen LogP contribution in [0.4, 0.5) is 17.1 Å². The first-order valence-corrected chi connectivity index (χ1v) is 21.0. The van der Waals surface area contributed by atoms with Crippen LogP contribution in [0.15, 0.2) is 249 Å². The Balaban J connectivity index is 0.896. The molecule has 11 rings (SSSR count). The van der Waals surface area contributed by atoms with E-state index in [1.807, 2.05) is 0 Å². The molecule has 11 aromatic carbocycles. The summed E-state index contributed by atoms with van der Waals surface area (Å²) >= 11 is 0. The van der Waals surface area contributed by atoms with Crippen molar-refractivity contribution in [3.05, 3.63) is 249 Å². The second-order valence-corrected chi connectivity index (χ2v) is 15.7. The van der Waals surface area contributed by atoms with Crippen molar-refractivity contribution in [2.24, 2.45) is 0 Å². The summed E-state index contributed by atoms with van der Waals surface area (Å²) in [6.45, 7) is 0. The largest absolute Gasteiger partial charge is 0.311 e. The van der Waals surface area contributed by atoms with Gasteiger partial charge in [0.1, 0.15) is 0 Å². The van der Waals surface area contributed by atoms with E-state index >= 15 is 0 Å². The van der Waals surface area contributed by atoms with Crippen LogP contribution in [-0.4, -0.2) is 0 Å². The summed E-state index contributed by atoms with van der Waals surface area (Å²) in [5.41, 5.74) is 15.4. The molecule has 1 heteroatoms. The van der Waals surface area contributed by atoms with E-state index in [0.29, 0.717) is 0 Å². The van der Waals surface area contributed by atoms with Gasteiger partial charge in [-0.25, -0.2) is 0 Å². The van der Waals surface area contributed by atoms with Crippen molar-refractivity contribution < 1.29 is 0 Å². The number of rotatable bonds is 8. The van der Waals surface area contributed by atoms with Crippen LogP contribution in [0.3, 0.4) is 0 Å². The number of fused-ring (bicyclic) bond motifs is 4. The Morgan fingerprint density at radius 2 is 0.557 bits per heavy atom. The van der Waals surface area contributed by atoms with Crippen molar-refractivity contribution in [1.82, 2.24) is 0 Å². The molecule has 0 aromatic heterocycles. The second kappa shape index (κ2) is 15.6. The fourth-order valence-electron chi connectivity index (χ4n) is 8.85. The average molecular weight is 776 g/mol. The first-order chi connectivity index (χ1) is 30.2. The van der Waals surface area contributed by atoms with Gasteiger partial charge in [0.2, 0.25) is 0 Å². The summed E-state index contributed by atoms with van der Waals surface area (Å²) in [7, 11) is 0. The molecular weight excluding hydrogens is 735 g/mol. The first kappa shape index (κ1) is 36.1. The van der Waals surface area contributed by atoms with E-state index in [1.54, 1.807) is 0 Å². The van der Waals surface area contributed by atoms with Crippen molar-refractivity contribution in [3.8, 4) is 55.6 Å².